The summed E-state index contributed by atoms with van der Waals surface area (Å²) >= 11 is 2.69. The highest BCUT2D eigenvalue weighted by atomic mass is 32.2. The number of nitro groups is 1. The lowest BCUT2D eigenvalue weighted by molar-refractivity contribution is -0.387. The standard InChI is InChI=1S/C19H21N3O5S2/c1-12-11-28-19(20-12)29-16-3-2-14(10-15(16)22(24)25)17(23)21-6-4-13(5-7-21)18-26-8-9-27-18/h2-3,10-11,13,18H,4-9H2,1H3. The van der Waals surface area contributed by atoms with Crippen molar-refractivity contribution in [2.24, 2.45) is 5.92 Å². The molecule has 2 saturated heterocycles. The fourth-order valence-electron chi connectivity index (χ4n) is 3.56. The van der Waals surface area contributed by atoms with E-state index in [0.717, 1.165) is 22.9 Å². The fourth-order valence-corrected chi connectivity index (χ4v) is 5.44. The van der Waals surface area contributed by atoms with Gasteiger partial charge in [-0.15, -0.1) is 11.3 Å². The molecule has 29 heavy (non-hydrogen) atoms. The van der Waals surface area contributed by atoms with Crippen LogP contribution in [0.3, 0.4) is 0 Å². The molecule has 2 fully saturated rings. The van der Waals surface area contributed by atoms with Crippen molar-refractivity contribution >= 4 is 34.7 Å². The van der Waals surface area contributed by atoms with Gasteiger partial charge in [-0.05, 0) is 31.9 Å². The molecule has 0 N–H and O–H groups in total. The molecule has 0 aliphatic carbocycles. The first-order valence-corrected chi connectivity index (χ1v) is 11.1. The minimum absolute atomic E-state index is 0.0728. The van der Waals surface area contributed by atoms with Gasteiger partial charge in [0.1, 0.15) is 0 Å². The number of carbonyl (C=O) groups excluding carboxylic acids is 1. The lowest BCUT2D eigenvalue weighted by Gasteiger charge is -2.33. The Morgan fingerprint density at radius 3 is 2.66 bits per heavy atom. The number of amides is 1. The van der Waals surface area contributed by atoms with Gasteiger partial charge in [0, 0.05) is 41.7 Å². The monoisotopic (exact) mass is 435 g/mol. The van der Waals surface area contributed by atoms with Crippen molar-refractivity contribution in [1.29, 1.82) is 0 Å². The molecule has 1 aromatic carbocycles. The van der Waals surface area contributed by atoms with E-state index in [4.69, 9.17) is 9.47 Å². The topological polar surface area (TPSA) is 94.8 Å². The van der Waals surface area contributed by atoms with Crippen LogP contribution in [-0.4, -0.2) is 53.3 Å². The van der Waals surface area contributed by atoms with Gasteiger partial charge in [-0.2, -0.15) is 0 Å². The van der Waals surface area contributed by atoms with Gasteiger partial charge < -0.3 is 14.4 Å². The van der Waals surface area contributed by atoms with Crippen molar-refractivity contribution in [2.45, 2.75) is 35.3 Å². The maximum atomic E-state index is 12.9. The van der Waals surface area contributed by atoms with Crippen molar-refractivity contribution < 1.29 is 19.2 Å². The first kappa shape index (κ1) is 20.3. The lowest BCUT2D eigenvalue weighted by Crippen LogP contribution is -2.41. The molecule has 0 atom stereocenters. The lowest BCUT2D eigenvalue weighted by atomic mass is 9.95. The zero-order valence-electron chi connectivity index (χ0n) is 15.9. The minimum Gasteiger partial charge on any atom is -0.350 e. The SMILES string of the molecule is Cc1csc(Sc2ccc(C(=O)N3CCC(C4OCCO4)CC3)cc2[N+](=O)[O-])n1. The van der Waals surface area contributed by atoms with Gasteiger partial charge in [-0.25, -0.2) is 4.98 Å². The van der Waals surface area contributed by atoms with Crippen LogP contribution in [0.5, 0.6) is 0 Å². The Morgan fingerprint density at radius 1 is 1.31 bits per heavy atom. The first-order valence-electron chi connectivity index (χ1n) is 9.42. The molecule has 1 amide bonds. The molecular formula is C19H21N3O5S2. The molecule has 154 valence electrons. The van der Waals surface area contributed by atoms with Crippen LogP contribution in [-0.2, 0) is 9.47 Å². The highest BCUT2D eigenvalue weighted by Gasteiger charge is 2.32. The maximum absolute atomic E-state index is 12.9. The summed E-state index contributed by atoms with van der Waals surface area (Å²) in [6.45, 7) is 4.31. The summed E-state index contributed by atoms with van der Waals surface area (Å²) in [5.41, 5.74) is 1.14. The van der Waals surface area contributed by atoms with Gasteiger partial charge in [0.2, 0.25) is 0 Å². The number of nitrogens with zero attached hydrogens (tertiary/aromatic N) is 3. The van der Waals surface area contributed by atoms with E-state index in [1.54, 1.807) is 17.0 Å². The molecule has 0 bridgehead atoms. The van der Waals surface area contributed by atoms with Crippen LogP contribution in [0.15, 0.2) is 32.8 Å². The van der Waals surface area contributed by atoms with E-state index in [0.29, 0.717) is 36.8 Å². The molecule has 0 saturated carbocycles. The summed E-state index contributed by atoms with van der Waals surface area (Å²) in [6, 6.07) is 4.67. The van der Waals surface area contributed by atoms with E-state index in [1.165, 1.54) is 29.2 Å². The van der Waals surface area contributed by atoms with E-state index >= 15 is 0 Å². The second-order valence-corrected chi connectivity index (χ2v) is 9.18. The number of hydrogen-bond acceptors (Lipinski definition) is 8. The number of carbonyl (C=O) groups is 1. The van der Waals surface area contributed by atoms with Crippen LogP contribution in [0.2, 0.25) is 0 Å². The van der Waals surface area contributed by atoms with E-state index in [-0.39, 0.29) is 23.8 Å². The van der Waals surface area contributed by atoms with Crippen LogP contribution in [0, 0.1) is 23.0 Å². The predicted molar refractivity (Wildman–Crippen MR) is 108 cm³/mol. The van der Waals surface area contributed by atoms with Gasteiger partial charge in [0.05, 0.1) is 23.0 Å². The number of piperidine rings is 1. The molecule has 2 aliphatic rings. The third-order valence-corrected chi connectivity index (χ3v) is 7.18. The van der Waals surface area contributed by atoms with Crippen LogP contribution >= 0.6 is 23.1 Å². The van der Waals surface area contributed by atoms with Crippen LogP contribution < -0.4 is 0 Å². The highest BCUT2D eigenvalue weighted by Crippen LogP contribution is 2.37. The third-order valence-electron chi connectivity index (χ3n) is 5.06. The number of aryl methyl sites for hydroxylation is 1. The van der Waals surface area contributed by atoms with E-state index in [9.17, 15) is 14.9 Å². The van der Waals surface area contributed by atoms with Gasteiger partial charge in [0.15, 0.2) is 10.6 Å². The molecule has 8 nitrogen and oxygen atoms in total. The van der Waals surface area contributed by atoms with Crippen molar-refractivity contribution in [1.82, 2.24) is 9.88 Å². The Morgan fingerprint density at radius 2 is 2.03 bits per heavy atom. The second kappa shape index (κ2) is 8.78. The molecule has 2 aliphatic heterocycles. The summed E-state index contributed by atoms with van der Waals surface area (Å²) in [4.78, 5) is 30.6. The Kier molecular flexibility index (Phi) is 6.14. The van der Waals surface area contributed by atoms with Gasteiger partial charge >= 0.3 is 0 Å². The molecule has 1 aromatic heterocycles. The second-order valence-electron chi connectivity index (χ2n) is 7.04. The first-order chi connectivity index (χ1) is 14.0. The van der Waals surface area contributed by atoms with Crippen molar-refractivity contribution in [3.63, 3.8) is 0 Å². The quantitative estimate of drug-likeness (QED) is 0.521. The molecule has 0 radical (unpaired) electrons. The summed E-state index contributed by atoms with van der Waals surface area (Å²) < 4.78 is 11.9. The average molecular weight is 436 g/mol. The molecular weight excluding hydrogens is 414 g/mol. The summed E-state index contributed by atoms with van der Waals surface area (Å²) in [6.07, 6.45) is 1.44. The number of nitro benzene ring substituents is 1. The summed E-state index contributed by atoms with van der Waals surface area (Å²) in [5, 5.41) is 13.5. The summed E-state index contributed by atoms with van der Waals surface area (Å²) in [5.74, 6) is 0.109. The summed E-state index contributed by atoms with van der Waals surface area (Å²) in [7, 11) is 0. The van der Waals surface area contributed by atoms with Crippen molar-refractivity contribution in [3.8, 4) is 0 Å². The smallest absolute Gasteiger partial charge is 0.284 e. The Labute approximate surface area is 176 Å². The molecule has 0 spiro atoms. The maximum Gasteiger partial charge on any atom is 0.284 e. The van der Waals surface area contributed by atoms with Crippen molar-refractivity contribution in [2.75, 3.05) is 26.3 Å². The zero-order valence-corrected chi connectivity index (χ0v) is 17.5. The van der Waals surface area contributed by atoms with Crippen molar-refractivity contribution in [3.05, 3.63) is 45.0 Å². The highest BCUT2D eigenvalue weighted by molar-refractivity contribution is 8.01. The van der Waals surface area contributed by atoms with Gasteiger partial charge in [-0.1, -0.05) is 11.8 Å². The van der Waals surface area contributed by atoms with Crippen LogP contribution in [0.4, 0.5) is 5.69 Å². The van der Waals surface area contributed by atoms with E-state index in [1.807, 2.05) is 12.3 Å². The predicted octanol–water partition coefficient (Wildman–Crippen LogP) is 3.74. The molecule has 10 heteroatoms. The Hall–Kier alpha value is -2.01. The molecule has 2 aromatic rings. The largest absolute Gasteiger partial charge is 0.350 e. The van der Waals surface area contributed by atoms with E-state index < -0.39 is 4.92 Å². The fraction of sp³-hybridized carbons (Fsp3) is 0.474. The van der Waals surface area contributed by atoms with Crippen LogP contribution in [0.25, 0.3) is 0 Å². The minimum atomic E-state index is -0.444. The van der Waals surface area contributed by atoms with E-state index in [2.05, 4.69) is 4.98 Å². The number of ether oxygens (including phenoxy) is 2. The third kappa shape index (κ3) is 4.61. The Balaban J connectivity index is 1.45. The number of thiazole rings is 1. The number of likely N-dealkylation sites (tertiary alicyclic amines) is 1. The molecule has 0 unspecified atom stereocenters. The normalized spacial score (nSPS) is 18.3. The average Bonchev–Trinajstić information content (AvgIpc) is 3.40. The Bertz CT molecular complexity index is 905. The zero-order chi connectivity index (χ0) is 20.4. The number of hydrogen-bond donors (Lipinski definition) is 0. The molecule has 3 heterocycles. The molecule has 4 rings (SSSR count). The number of rotatable bonds is 5. The van der Waals surface area contributed by atoms with Gasteiger partial charge in [0.25, 0.3) is 11.6 Å². The van der Waals surface area contributed by atoms with Crippen LogP contribution in [0.1, 0.15) is 28.9 Å². The number of aromatic nitrogens is 1. The number of benzene rings is 1. The van der Waals surface area contributed by atoms with Gasteiger partial charge in [-0.3, -0.25) is 14.9 Å².